The molecule has 0 aromatic heterocycles. The van der Waals surface area contributed by atoms with Crippen molar-refractivity contribution in [2.75, 3.05) is 19.6 Å². The van der Waals surface area contributed by atoms with E-state index in [9.17, 15) is 13.2 Å². The minimum absolute atomic E-state index is 0.00787. The van der Waals surface area contributed by atoms with E-state index in [2.05, 4.69) is 9.64 Å². The number of para-hydroxylation sites is 1. The second-order valence-electron chi connectivity index (χ2n) is 5.55. The highest BCUT2D eigenvalue weighted by molar-refractivity contribution is 5.36. The normalized spacial score (nSPS) is 25.0. The fraction of sp³-hybridized carbons (Fsp3) is 0.600. The maximum absolute atomic E-state index is 12.6. The summed E-state index contributed by atoms with van der Waals surface area (Å²) in [5.74, 6) is -0.197. The summed E-state index contributed by atoms with van der Waals surface area (Å²) in [7, 11) is 0. The zero-order valence-electron chi connectivity index (χ0n) is 12.6. The molecule has 1 aromatic carbocycles. The number of alkyl halides is 3. The average Bonchev–Trinajstić information content (AvgIpc) is 2.38. The standard InChI is InChI=1S/C15H21F3N2O2/c1-10-8-20(9-11(2)21-10)13(7-19)12-5-3-4-6-14(12)22-15(16,17)18/h3-6,10-11,13H,7-9,19H2,1-2H3/t10-,11+,13-/m0/s1. The Kier molecular flexibility index (Phi) is 5.31. The van der Waals surface area contributed by atoms with Gasteiger partial charge in [-0.15, -0.1) is 13.2 Å². The molecule has 0 aliphatic carbocycles. The van der Waals surface area contributed by atoms with Crippen LogP contribution in [0, 0.1) is 0 Å². The summed E-state index contributed by atoms with van der Waals surface area (Å²) in [5, 5.41) is 0. The zero-order chi connectivity index (χ0) is 16.3. The molecule has 124 valence electrons. The summed E-state index contributed by atoms with van der Waals surface area (Å²) in [6.45, 7) is 5.32. The first-order chi connectivity index (χ1) is 10.3. The molecule has 0 bridgehead atoms. The van der Waals surface area contributed by atoms with Gasteiger partial charge in [0, 0.05) is 25.2 Å². The molecule has 7 heteroatoms. The maximum Gasteiger partial charge on any atom is 0.573 e. The highest BCUT2D eigenvalue weighted by Gasteiger charge is 2.35. The van der Waals surface area contributed by atoms with Gasteiger partial charge in [-0.25, -0.2) is 0 Å². The quantitative estimate of drug-likeness (QED) is 0.927. The summed E-state index contributed by atoms with van der Waals surface area (Å²) in [4.78, 5) is 2.05. The van der Waals surface area contributed by atoms with Crippen LogP contribution >= 0.6 is 0 Å². The van der Waals surface area contributed by atoms with Gasteiger partial charge in [-0.05, 0) is 19.9 Å². The van der Waals surface area contributed by atoms with Gasteiger partial charge in [-0.1, -0.05) is 18.2 Å². The lowest BCUT2D eigenvalue weighted by molar-refractivity contribution is -0.275. The molecule has 0 unspecified atom stereocenters. The number of nitrogens with zero attached hydrogens (tertiary/aromatic N) is 1. The van der Waals surface area contributed by atoms with Crippen LogP contribution in [0.5, 0.6) is 5.75 Å². The minimum Gasteiger partial charge on any atom is -0.405 e. The van der Waals surface area contributed by atoms with Gasteiger partial charge in [0.15, 0.2) is 0 Å². The van der Waals surface area contributed by atoms with E-state index >= 15 is 0 Å². The third-order valence-electron chi connectivity index (χ3n) is 3.62. The van der Waals surface area contributed by atoms with E-state index in [-0.39, 0.29) is 30.5 Å². The van der Waals surface area contributed by atoms with Crippen LogP contribution < -0.4 is 10.5 Å². The summed E-state index contributed by atoms with van der Waals surface area (Å²) < 4.78 is 47.5. The summed E-state index contributed by atoms with van der Waals surface area (Å²) in [6, 6.07) is 5.81. The largest absolute Gasteiger partial charge is 0.573 e. The van der Waals surface area contributed by atoms with Crippen LogP contribution in [0.2, 0.25) is 0 Å². The van der Waals surface area contributed by atoms with Crippen molar-refractivity contribution in [1.29, 1.82) is 0 Å². The van der Waals surface area contributed by atoms with Crippen LogP contribution in [-0.4, -0.2) is 43.1 Å². The molecule has 0 saturated carbocycles. The number of rotatable bonds is 4. The molecule has 22 heavy (non-hydrogen) atoms. The van der Waals surface area contributed by atoms with Crippen molar-refractivity contribution in [3.8, 4) is 5.75 Å². The smallest absolute Gasteiger partial charge is 0.405 e. The van der Waals surface area contributed by atoms with Gasteiger partial charge >= 0.3 is 6.36 Å². The van der Waals surface area contributed by atoms with Crippen LogP contribution in [0.1, 0.15) is 25.5 Å². The van der Waals surface area contributed by atoms with Gasteiger partial charge in [0.05, 0.1) is 18.2 Å². The Labute approximate surface area is 128 Å². The van der Waals surface area contributed by atoms with Crippen LogP contribution in [0.15, 0.2) is 24.3 Å². The Morgan fingerprint density at radius 3 is 2.41 bits per heavy atom. The first kappa shape index (κ1) is 17.1. The molecular weight excluding hydrogens is 297 g/mol. The Morgan fingerprint density at radius 2 is 1.86 bits per heavy atom. The van der Waals surface area contributed by atoms with Crippen molar-refractivity contribution < 1.29 is 22.6 Å². The van der Waals surface area contributed by atoms with Gasteiger partial charge in [-0.3, -0.25) is 4.90 Å². The Morgan fingerprint density at radius 1 is 1.27 bits per heavy atom. The van der Waals surface area contributed by atoms with E-state index < -0.39 is 6.36 Å². The lowest BCUT2D eigenvalue weighted by Gasteiger charge is -2.40. The fourth-order valence-electron chi connectivity index (χ4n) is 2.92. The van der Waals surface area contributed by atoms with Gasteiger partial charge < -0.3 is 15.2 Å². The second kappa shape index (κ2) is 6.85. The maximum atomic E-state index is 12.6. The molecule has 4 nitrogen and oxygen atoms in total. The van der Waals surface area contributed by atoms with Gasteiger partial charge in [-0.2, -0.15) is 0 Å². The fourth-order valence-corrected chi connectivity index (χ4v) is 2.92. The molecule has 1 saturated heterocycles. The van der Waals surface area contributed by atoms with E-state index in [1.54, 1.807) is 12.1 Å². The van der Waals surface area contributed by atoms with E-state index in [1.165, 1.54) is 12.1 Å². The van der Waals surface area contributed by atoms with Crippen molar-refractivity contribution in [3.05, 3.63) is 29.8 Å². The molecule has 3 atom stereocenters. The van der Waals surface area contributed by atoms with Gasteiger partial charge in [0.1, 0.15) is 5.75 Å². The van der Waals surface area contributed by atoms with Crippen molar-refractivity contribution in [2.45, 2.75) is 38.5 Å². The van der Waals surface area contributed by atoms with E-state index in [1.807, 2.05) is 13.8 Å². The highest BCUT2D eigenvalue weighted by Crippen LogP contribution is 2.33. The third-order valence-corrected chi connectivity index (χ3v) is 3.62. The monoisotopic (exact) mass is 318 g/mol. The highest BCUT2D eigenvalue weighted by atomic mass is 19.4. The van der Waals surface area contributed by atoms with Crippen molar-refractivity contribution in [2.24, 2.45) is 5.73 Å². The summed E-state index contributed by atoms with van der Waals surface area (Å²) in [6.07, 6.45) is -4.71. The van der Waals surface area contributed by atoms with Gasteiger partial charge in [0.25, 0.3) is 0 Å². The average molecular weight is 318 g/mol. The predicted molar refractivity (Wildman–Crippen MR) is 76.5 cm³/mol. The number of morpholine rings is 1. The molecule has 1 fully saturated rings. The number of nitrogens with two attached hydrogens (primary N) is 1. The Balaban J connectivity index is 2.27. The molecule has 0 spiro atoms. The zero-order valence-corrected chi connectivity index (χ0v) is 12.6. The Hall–Kier alpha value is -1.31. The summed E-state index contributed by atoms with van der Waals surface area (Å²) in [5.41, 5.74) is 6.29. The minimum atomic E-state index is -4.72. The first-order valence-corrected chi connectivity index (χ1v) is 7.24. The molecule has 0 amide bonds. The van der Waals surface area contributed by atoms with Crippen molar-refractivity contribution in [1.82, 2.24) is 4.90 Å². The topological polar surface area (TPSA) is 47.7 Å². The SMILES string of the molecule is C[C@@H]1CN([C@@H](CN)c2ccccc2OC(F)(F)F)C[C@H](C)O1. The van der Waals surface area contributed by atoms with Crippen LogP contribution in [0.4, 0.5) is 13.2 Å². The van der Waals surface area contributed by atoms with Crippen molar-refractivity contribution in [3.63, 3.8) is 0 Å². The molecule has 1 aliphatic heterocycles. The number of hydrogen-bond acceptors (Lipinski definition) is 4. The predicted octanol–water partition coefficient (Wildman–Crippen LogP) is 2.69. The number of ether oxygens (including phenoxy) is 2. The van der Waals surface area contributed by atoms with E-state index in [0.29, 0.717) is 18.7 Å². The first-order valence-electron chi connectivity index (χ1n) is 7.24. The lowest BCUT2D eigenvalue weighted by Crippen LogP contribution is -2.48. The molecular formula is C15H21F3N2O2. The Bertz CT molecular complexity index is 486. The van der Waals surface area contributed by atoms with E-state index in [4.69, 9.17) is 10.5 Å². The van der Waals surface area contributed by atoms with Crippen LogP contribution in [-0.2, 0) is 4.74 Å². The number of halogens is 3. The number of benzene rings is 1. The molecule has 2 rings (SSSR count). The number of hydrogen-bond donors (Lipinski definition) is 1. The lowest BCUT2D eigenvalue weighted by atomic mass is 10.0. The molecule has 1 aliphatic rings. The molecule has 1 aromatic rings. The molecule has 0 radical (unpaired) electrons. The van der Waals surface area contributed by atoms with Gasteiger partial charge in [0.2, 0.25) is 0 Å². The summed E-state index contributed by atoms with van der Waals surface area (Å²) >= 11 is 0. The van der Waals surface area contributed by atoms with E-state index in [0.717, 1.165) is 0 Å². The molecule has 2 N–H and O–H groups in total. The third kappa shape index (κ3) is 4.34. The van der Waals surface area contributed by atoms with Crippen LogP contribution in [0.3, 0.4) is 0 Å². The molecule has 1 heterocycles. The van der Waals surface area contributed by atoms with Crippen LogP contribution in [0.25, 0.3) is 0 Å². The second-order valence-corrected chi connectivity index (χ2v) is 5.55. The van der Waals surface area contributed by atoms with Crippen molar-refractivity contribution >= 4 is 0 Å².